The Hall–Kier alpha value is -3.96. The number of carbonyl (C=O) groups excluding carboxylic acids is 3. The number of para-hydroxylation sites is 1. The Kier molecular flexibility index (Phi) is 9.54. The molecule has 0 radical (unpaired) electrons. The highest BCUT2D eigenvalue weighted by molar-refractivity contribution is 6.07. The maximum Gasteiger partial charge on any atom is 0.389 e. The Bertz CT molecular complexity index is 1260. The number of halogens is 5. The number of rotatable bonds is 11. The third-order valence-corrected chi connectivity index (χ3v) is 6.60. The molecule has 216 valence electrons. The summed E-state index contributed by atoms with van der Waals surface area (Å²) in [6.45, 7) is 0.591. The van der Waals surface area contributed by atoms with Crippen molar-refractivity contribution in [1.29, 1.82) is 0 Å². The number of amides is 3. The van der Waals surface area contributed by atoms with E-state index in [-0.39, 0.29) is 0 Å². The van der Waals surface area contributed by atoms with Crippen molar-refractivity contribution in [3.05, 3.63) is 65.7 Å². The van der Waals surface area contributed by atoms with Crippen LogP contribution in [0.3, 0.4) is 0 Å². The van der Waals surface area contributed by atoms with Crippen LogP contribution in [0.5, 0.6) is 5.75 Å². The normalized spacial score (nSPS) is 17.0. The Balaban J connectivity index is 2.01. The summed E-state index contributed by atoms with van der Waals surface area (Å²) >= 11 is 0. The smallest absolute Gasteiger partial charge is 0.389 e. The standard InChI is InChI=1S/C28H30F5N3O4/c1-27(29,30)13-11-18(24(34)37)19(12-14-28(31,32)33)25(38)35-21-15-20(16-7-4-3-5-8-16)17-9-6-10-22(40-2)23(17)36-26(21)39/h3-10,15,18-19,21H,11-14H2,1-2H3,(H2,34,37)(H,35,38)(H,36,39)/t18-,19+,21-/m0/s1. The molecule has 0 spiro atoms. The molecule has 0 bridgehead atoms. The first kappa shape index (κ1) is 30.6. The van der Waals surface area contributed by atoms with Crippen LogP contribution in [0.25, 0.3) is 5.57 Å². The summed E-state index contributed by atoms with van der Waals surface area (Å²) in [7, 11) is 1.41. The molecule has 0 fully saturated rings. The molecule has 0 saturated heterocycles. The van der Waals surface area contributed by atoms with Gasteiger partial charge in [0, 0.05) is 30.2 Å². The lowest BCUT2D eigenvalue weighted by Crippen LogP contribution is -2.48. The van der Waals surface area contributed by atoms with Crippen molar-refractivity contribution < 1.29 is 41.1 Å². The highest BCUT2D eigenvalue weighted by Crippen LogP contribution is 2.38. The molecule has 12 heteroatoms. The molecule has 1 aliphatic rings. The summed E-state index contributed by atoms with van der Waals surface area (Å²) in [5.41, 5.74) is 7.43. The third kappa shape index (κ3) is 8.03. The summed E-state index contributed by atoms with van der Waals surface area (Å²) in [4.78, 5) is 38.8. The lowest BCUT2D eigenvalue weighted by molar-refractivity contribution is -0.147. The van der Waals surface area contributed by atoms with Crippen LogP contribution in [0.15, 0.2) is 54.6 Å². The van der Waals surface area contributed by atoms with Gasteiger partial charge in [-0.15, -0.1) is 0 Å². The highest BCUT2D eigenvalue weighted by atomic mass is 19.4. The first-order chi connectivity index (χ1) is 18.7. The first-order valence-electron chi connectivity index (χ1n) is 12.5. The monoisotopic (exact) mass is 567 g/mol. The second kappa shape index (κ2) is 12.5. The summed E-state index contributed by atoms with van der Waals surface area (Å²) in [6, 6.07) is 12.5. The number of anilines is 1. The van der Waals surface area contributed by atoms with E-state index in [4.69, 9.17) is 10.5 Å². The van der Waals surface area contributed by atoms with Crippen LogP contribution in [0.4, 0.5) is 27.6 Å². The average Bonchev–Trinajstić information content (AvgIpc) is 3.01. The Morgan fingerprint density at radius 3 is 2.23 bits per heavy atom. The van der Waals surface area contributed by atoms with Gasteiger partial charge in [0.15, 0.2) is 0 Å². The van der Waals surface area contributed by atoms with Crippen LogP contribution in [-0.2, 0) is 14.4 Å². The second-order valence-corrected chi connectivity index (χ2v) is 9.68. The van der Waals surface area contributed by atoms with Gasteiger partial charge in [-0.25, -0.2) is 8.78 Å². The van der Waals surface area contributed by atoms with Crippen LogP contribution in [0, 0.1) is 11.8 Å². The maximum absolute atomic E-state index is 13.5. The number of fused-ring (bicyclic) bond motifs is 1. The molecule has 1 heterocycles. The van der Waals surface area contributed by atoms with Crippen molar-refractivity contribution in [1.82, 2.24) is 5.32 Å². The first-order valence-corrected chi connectivity index (χ1v) is 12.5. The number of ether oxygens (including phenoxy) is 1. The third-order valence-electron chi connectivity index (χ3n) is 6.60. The quantitative estimate of drug-likeness (QED) is 0.330. The molecule has 3 atom stereocenters. The number of hydrogen-bond donors (Lipinski definition) is 3. The van der Waals surface area contributed by atoms with Crippen molar-refractivity contribution in [2.24, 2.45) is 17.6 Å². The van der Waals surface area contributed by atoms with Gasteiger partial charge >= 0.3 is 6.18 Å². The summed E-state index contributed by atoms with van der Waals surface area (Å²) in [5.74, 6) is -9.23. The predicted molar refractivity (Wildman–Crippen MR) is 138 cm³/mol. The van der Waals surface area contributed by atoms with E-state index >= 15 is 0 Å². The van der Waals surface area contributed by atoms with Gasteiger partial charge in [0.25, 0.3) is 5.91 Å². The van der Waals surface area contributed by atoms with Gasteiger partial charge in [0.05, 0.1) is 12.8 Å². The Labute approximate surface area is 227 Å². The van der Waals surface area contributed by atoms with Gasteiger partial charge in [-0.3, -0.25) is 14.4 Å². The van der Waals surface area contributed by atoms with Crippen LogP contribution in [-0.4, -0.2) is 43.0 Å². The summed E-state index contributed by atoms with van der Waals surface area (Å²) in [6.07, 6.45) is -7.06. The largest absolute Gasteiger partial charge is 0.495 e. The maximum atomic E-state index is 13.5. The van der Waals surface area contributed by atoms with Gasteiger partial charge in [0.1, 0.15) is 11.8 Å². The predicted octanol–water partition coefficient (Wildman–Crippen LogP) is 5.06. The number of primary amides is 1. The SMILES string of the molecule is COc1cccc2c1NC(=O)[C@@H](NC(=O)[C@H](CCC(F)(F)F)[C@H](CCC(C)(F)F)C(N)=O)C=C2c1ccccc1. The summed E-state index contributed by atoms with van der Waals surface area (Å²) in [5, 5.41) is 5.11. The zero-order chi connectivity index (χ0) is 29.7. The van der Waals surface area contributed by atoms with Gasteiger partial charge in [0.2, 0.25) is 17.7 Å². The molecule has 0 saturated carbocycles. The highest BCUT2D eigenvalue weighted by Gasteiger charge is 2.39. The molecule has 4 N–H and O–H groups in total. The van der Waals surface area contributed by atoms with E-state index in [1.54, 1.807) is 48.5 Å². The Morgan fingerprint density at radius 2 is 1.65 bits per heavy atom. The number of hydrogen-bond acceptors (Lipinski definition) is 4. The second-order valence-electron chi connectivity index (χ2n) is 9.68. The van der Waals surface area contributed by atoms with E-state index in [0.717, 1.165) is 0 Å². The van der Waals surface area contributed by atoms with Gasteiger partial charge in [-0.05, 0) is 43.0 Å². The molecule has 40 heavy (non-hydrogen) atoms. The molecule has 0 aromatic heterocycles. The minimum absolute atomic E-state index is 0.315. The van der Waals surface area contributed by atoms with E-state index < -0.39 is 73.4 Å². The number of alkyl halides is 5. The number of benzene rings is 2. The molecular weight excluding hydrogens is 537 g/mol. The van der Waals surface area contributed by atoms with Crippen molar-refractivity contribution in [2.75, 3.05) is 12.4 Å². The number of nitrogens with two attached hydrogens (primary N) is 1. The molecule has 3 amide bonds. The van der Waals surface area contributed by atoms with Gasteiger partial charge in [-0.1, -0.05) is 42.5 Å². The lowest BCUT2D eigenvalue weighted by atomic mass is 9.82. The molecule has 7 nitrogen and oxygen atoms in total. The molecule has 3 rings (SSSR count). The molecule has 2 aromatic rings. The lowest BCUT2D eigenvalue weighted by Gasteiger charge is -2.27. The molecule has 2 aromatic carbocycles. The summed E-state index contributed by atoms with van der Waals surface area (Å²) < 4.78 is 71.8. The van der Waals surface area contributed by atoms with Crippen LogP contribution in [0.2, 0.25) is 0 Å². The molecule has 0 unspecified atom stereocenters. The van der Waals surface area contributed by atoms with Crippen molar-refractivity contribution >= 4 is 29.0 Å². The van der Waals surface area contributed by atoms with E-state index in [0.29, 0.717) is 35.1 Å². The number of methoxy groups -OCH3 is 1. The fourth-order valence-electron chi connectivity index (χ4n) is 4.61. The molecule has 1 aliphatic heterocycles. The minimum atomic E-state index is -4.69. The molecular formula is C28H30F5N3O4. The van der Waals surface area contributed by atoms with Crippen molar-refractivity contribution in [2.45, 2.75) is 50.7 Å². The van der Waals surface area contributed by atoms with Crippen molar-refractivity contribution in [3.8, 4) is 5.75 Å². The van der Waals surface area contributed by atoms with E-state index in [1.165, 1.54) is 13.2 Å². The average molecular weight is 568 g/mol. The van der Waals surface area contributed by atoms with Crippen LogP contribution in [0.1, 0.15) is 43.7 Å². The van der Waals surface area contributed by atoms with E-state index in [2.05, 4.69) is 10.6 Å². The number of nitrogens with one attached hydrogen (secondary N) is 2. The Morgan fingerprint density at radius 1 is 1.00 bits per heavy atom. The fourth-order valence-corrected chi connectivity index (χ4v) is 4.61. The number of carbonyl (C=O) groups is 3. The zero-order valence-electron chi connectivity index (χ0n) is 21.9. The van der Waals surface area contributed by atoms with Crippen LogP contribution < -0.4 is 21.1 Å². The van der Waals surface area contributed by atoms with Gasteiger partial charge < -0.3 is 21.1 Å². The van der Waals surface area contributed by atoms with Gasteiger partial charge in [-0.2, -0.15) is 13.2 Å². The molecule has 0 aliphatic carbocycles. The van der Waals surface area contributed by atoms with E-state index in [1.807, 2.05) is 0 Å². The van der Waals surface area contributed by atoms with Crippen molar-refractivity contribution in [3.63, 3.8) is 0 Å². The van der Waals surface area contributed by atoms with Crippen LogP contribution >= 0.6 is 0 Å². The topological polar surface area (TPSA) is 111 Å². The van der Waals surface area contributed by atoms with E-state index in [9.17, 15) is 36.3 Å². The fraction of sp³-hybridized carbons (Fsp3) is 0.393. The minimum Gasteiger partial charge on any atom is -0.495 e. The zero-order valence-corrected chi connectivity index (χ0v) is 21.9.